The van der Waals surface area contributed by atoms with Crippen LogP contribution < -0.4 is 4.74 Å². The molecule has 0 aliphatic rings. The van der Waals surface area contributed by atoms with Gasteiger partial charge >= 0.3 is 5.97 Å². The lowest BCUT2D eigenvalue weighted by Crippen LogP contribution is -2.00. The monoisotopic (exact) mass is 306 g/mol. The highest BCUT2D eigenvalue weighted by Crippen LogP contribution is 2.14. The molecule has 22 heavy (non-hydrogen) atoms. The minimum Gasteiger partial charge on any atom is -0.494 e. The maximum absolute atomic E-state index is 10.7. The highest BCUT2D eigenvalue weighted by Gasteiger charge is 1.98. The Hall–Kier alpha value is -1.51. The predicted octanol–water partition coefficient (Wildman–Crippen LogP) is 5.27. The molecule has 0 N–H and O–H groups in total. The van der Waals surface area contributed by atoms with E-state index in [0.29, 0.717) is 6.61 Å². The zero-order valence-electron chi connectivity index (χ0n) is 14.1. The minimum atomic E-state index is -0.255. The van der Waals surface area contributed by atoms with Crippen LogP contribution in [0.15, 0.2) is 24.3 Å². The smallest absolute Gasteiger partial charge is 0.302 e. The molecule has 0 atom stereocenters. The summed E-state index contributed by atoms with van der Waals surface area (Å²) >= 11 is 0. The summed E-state index contributed by atoms with van der Waals surface area (Å²) < 4.78 is 10.7. The summed E-state index contributed by atoms with van der Waals surface area (Å²) in [5.41, 5.74) is 0.981. The summed E-state index contributed by atoms with van der Waals surface area (Å²) in [5, 5.41) is 0. The molecule has 0 aromatic heterocycles. The van der Waals surface area contributed by atoms with Gasteiger partial charge in [0, 0.05) is 6.92 Å². The van der Waals surface area contributed by atoms with Gasteiger partial charge in [-0.25, -0.2) is 0 Å². The second kappa shape index (κ2) is 12.1. The molecular formula is C19H30O3. The molecule has 0 bridgehead atoms. The number of ether oxygens (including phenoxy) is 2. The van der Waals surface area contributed by atoms with Crippen LogP contribution in [-0.2, 0) is 16.1 Å². The molecule has 0 heterocycles. The number of unbranched alkanes of at least 4 members (excludes halogenated alkanes) is 7. The Balaban J connectivity index is 2.04. The molecular weight excluding hydrogens is 276 g/mol. The van der Waals surface area contributed by atoms with Crippen molar-refractivity contribution in [3.05, 3.63) is 29.8 Å². The van der Waals surface area contributed by atoms with Crippen LogP contribution in [0.1, 0.15) is 70.8 Å². The maximum Gasteiger partial charge on any atom is 0.302 e. The molecule has 124 valence electrons. The zero-order valence-corrected chi connectivity index (χ0v) is 14.1. The van der Waals surface area contributed by atoms with E-state index in [1.54, 1.807) is 0 Å². The maximum atomic E-state index is 10.7. The van der Waals surface area contributed by atoms with Gasteiger partial charge in [0.15, 0.2) is 0 Å². The first-order chi connectivity index (χ1) is 10.7. The first-order valence-electron chi connectivity index (χ1n) is 8.57. The number of benzene rings is 1. The normalized spacial score (nSPS) is 10.5. The molecule has 3 nitrogen and oxygen atoms in total. The Bertz CT molecular complexity index is 398. The van der Waals surface area contributed by atoms with E-state index >= 15 is 0 Å². The van der Waals surface area contributed by atoms with Crippen LogP contribution in [0, 0.1) is 0 Å². The van der Waals surface area contributed by atoms with Crippen molar-refractivity contribution in [1.82, 2.24) is 0 Å². The molecule has 0 unspecified atom stereocenters. The highest BCUT2D eigenvalue weighted by atomic mass is 16.5. The van der Waals surface area contributed by atoms with Gasteiger partial charge in [-0.15, -0.1) is 0 Å². The quantitative estimate of drug-likeness (QED) is 0.390. The second-order valence-corrected chi connectivity index (χ2v) is 5.75. The molecule has 0 fully saturated rings. The van der Waals surface area contributed by atoms with E-state index in [-0.39, 0.29) is 5.97 Å². The Kier molecular flexibility index (Phi) is 10.2. The Morgan fingerprint density at radius 2 is 1.50 bits per heavy atom. The molecule has 0 amide bonds. The van der Waals surface area contributed by atoms with Crippen LogP contribution in [0.2, 0.25) is 0 Å². The van der Waals surface area contributed by atoms with E-state index < -0.39 is 0 Å². The molecule has 0 radical (unpaired) electrons. The summed E-state index contributed by atoms with van der Waals surface area (Å²) in [6.45, 7) is 4.77. The van der Waals surface area contributed by atoms with Gasteiger partial charge < -0.3 is 9.47 Å². The third kappa shape index (κ3) is 9.43. The van der Waals surface area contributed by atoms with Gasteiger partial charge in [-0.05, 0) is 24.1 Å². The molecule has 1 aromatic carbocycles. The van der Waals surface area contributed by atoms with E-state index in [2.05, 4.69) is 6.92 Å². The summed E-state index contributed by atoms with van der Waals surface area (Å²) in [6, 6.07) is 7.74. The molecule has 0 aliphatic carbocycles. The number of rotatable bonds is 12. The van der Waals surface area contributed by atoms with Crippen molar-refractivity contribution in [2.75, 3.05) is 6.61 Å². The number of hydrogen-bond donors (Lipinski definition) is 0. The Morgan fingerprint density at radius 1 is 0.909 bits per heavy atom. The lowest BCUT2D eigenvalue weighted by atomic mass is 10.1. The topological polar surface area (TPSA) is 35.5 Å². The van der Waals surface area contributed by atoms with E-state index in [1.165, 1.54) is 51.9 Å². The first kappa shape index (κ1) is 18.5. The van der Waals surface area contributed by atoms with Crippen molar-refractivity contribution in [3.63, 3.8) is 0 Å². The van der Waals surface area contributed by atoms with Gasteiger partial charge in [-0.2, -0.15) is 0 Å². The largest absolute Gasteiger partial charge is 0.494 e. The van der Waals surface area contributed by atoms with E-state index in [4.69, 9.17) is 9.47 Å². The number of esters is 1. The zero-order chi connectivity index (χ0) is 16.0. The highest BCUT2D eigenvalue weighted by molar-refractivity contribution is 5.65. The second-order valence-electron chi connectivity index (χ2n) is 5.75. The van der Waals surface area contributed by atoms with Crippen LogP contribution in [0.4, 0.5) is 0 Å². The van der Waals surface area contributed by atoms with Crippen molar-refractivity contribution in [2.45, 2.75) is 71.8 Å². The standard InChI is InChI=1S/C19H30O3/c1-3-4-5-6-7-8-9-10-15-21-19-13-11-18(12-14-19)16-22-17(2)20/h11-14H,3-10,15-16H2,1-2H3. The SMILES string of the molecule is CCCCCCCCCCOc1ccc(COC(C)=O)cc1. The summed E-state index contributed by atoms with van der Waals surface area (Å²) in [4.78, 5) is 10.7. The third-order valence-electron chi connectivity index (χ3n) is 3.63. The van der Waals surface area contributed by atoms with Crippen LogP contribution in [-0.4, -0.2) is 12.6 Å². The van der Waals surface area contributed by atoms with Crippen molar-refractivity contribution < 1.29 is 14.3 Å². The molecule has 3 heteroatoms. The average molecular weight is 306 g/mol. The van der Waals surface area contributed by atoms with Gasteiger partial charge in [-0.3, -0.25) is 4.79 Å². The van der Waals surface area contributed by atoms with Crippen LogP contribution in [0.5, 0.6) is 5.75 Å². The number of carbonyl (C=O) groups excluding carboxylic acids is 1. The van der Waals surface area contributed by atoms with Gasteiger partial charge in [0.2, 0.25) is 0 Å². The summed E-state index contributed by atoms with van der Waals surface area (Å²) in [6.07, 6.45) is 10.5. The Labute approximate surface area is 135 Å². The van der Waals surface area contributed by atoms with Crippen LogP contribution in [0.25, 0.3) is 0 Å². The number of carbonyl (C=O) groups is 1. The number of hydrogen-bond acceptors (Lipinski definition) is 3. The molecule has 0 aliphatic heterocycles. The van der Waals surface area contributed by atoms with Gasteiger partial charge in [0.1, 0.15) is 12.4 Å². The van der Waals surface area contributed by atoms with Crippen molar-refractivity contribution in [2.24, 2.45) is 0 Å². The van der Waals surface area contributed by atoms with Gasteiger partial charge in [0.25, 0.3) is 0 Å². The average Bonchev–Trinajstić information content (AvgIpc) is 2.52. The van der Waals surface area contributed by atoms with Gasteiger partial charge in [0.05, 0.1) is 6.61 Å². The predicted molar refractivity (Wildman–Crippen MR) is 90.0 cm³/mol. The van der Waals surface area contributed by atoms with E-state index in [0.717, 1.165) is 24.3 Å². The van der Waals surface area contributed by atoms with Crippen LogP contribution in [0.3, 0.4) is 0 Å². The third-order valence-corrected chi connectivity index (χ3v) is 3.63. The molecule has 0 saturated heterocycles. The fourth-order valence-electron chi connectivity index (χ4n) is 2.29. The fraction of sp³-hybridized carbons (Fsp3) is 0.632. The molecule has 1 rings (SSSR count). The van der Waals surface area contributed by atoms with E-state index in [9.17, 15) is 4.79 Å². The van der Waals surface area contributed by atoms with Crippen molar-refractivity contribution >= 4 is 5.97 Å². The first-order valence-corrected chi connectivity index (χ1v) is 8.57. The molecule has 0 spiro atoms. The summed E-state index contributed by atoms with van der Waals surface area (Å²) in [5.74, 6) is 0.629. The van der Waals surface area contributed by atoms with E-state index in [1.807, 2.05) is 24.3 Å². The van der Waals surface area contributed by atoms with Crippen molar-refractivity contribution in [1.29, 1.82) is 0 Å². The van der Waals surface area contributed by atoms with Crippen LogP contribution >= 0.6 is 0 Å². The minimum absolute atomic E-state index is 0.255. The Morgan fingerprint density at radius 3 is 2.09 bits per heavy atom. The molecule has 1 aromatic rings. The lowest BCUT2D eigenvalue weighted by molar-refractivity contribution is -0.142. The van der Waals surface area contributed by atoms with Gasteiger partial charge in [-0.1, -0.05) is 64.0 Å². The fourth-order valence-corrected chi connectivity index (χ4v) is 2.29. The summed E-state index contributed by atoms with van der Waals surface area (Å²) in [7, 11) is 0. The lowest BCUT2D eigenvalue weighted by Gasteiger charge is -2.07. The molecule has 0 saturated carbocycles. The van der Waals surface area contributed by atoms with Crippen molar-refractivity contribution in [3.8, 4) is 5.75 Å².